The molecular weight excluding hydrogens is 1050 g/mol. The summed E-state index contributed by atoms with van der Waals surface area (Å²) in [6.07, 6.45) is -2.45. The first kappa shape index (κ1) is 62.8. The molecule has 6 amide bonds. The Hall–Kier alpha value is -8.00. The van der Waals surface area contributed by atoms with Gasteiger partial charge in [0.25, 0.3) is 5.91 Å². The number of benzene rings is 4. The largest absolute Gasteiger partial charge is 0.514 e. The third kappa shape index (κ3) is 18.8. The highest BCUT2D eigenvalue weighted by atomic mass is 35.5. The Kier molecular flexibility index (Phi) is 21.0. The normalized spacial score (nSPS) is 16.4. The fourth-order valence-electron chi connectivity index (χ4n) is 8.11. The molecule has 5 rings (SSSR count). The number of halogens is 1. The summed E-state index contributed by atoms with van der Waals surface area (Å²) in [6.45, 7) is 19.3. The first-order valence-corrected chi connectivity index (χ1v) is 26.6. The molecule has 0 aromatic heterocycles. The standard InChI is InChI=1S/C59H73ClN6O14/c1-33(35(3)67)62-51(70)45-31-36-17-27-46(76-55(74)79-58(7,8)9)42(30-36)43-32-40(24-28-47(43)77-56(75)80-59(10,11)12)48(52(71)63-34(2)49(68)65-45)66(13)53(72)44(16-14-15-29-61-54(73)78-57(4,5)6)64-50(69)39-20-18-37(19-21-39)38-22-25-41(60)26-23-38/h17-28,30,32-34,44-45,48H,14-16,29,31H2,1-13H3,(H,61,73)(H,62,70)(H,63,71)(H,64,69)(H,65,68)/t33-,34-,44-,45-,48-/m0/s1. The summed E-state index contributed by atoms with van der Waals surface area (Å²) >= 11 is 6.11. The summed E-state index contributed by atoms with van der Waals surface area (Å²) in [6, 6.07) is 15.9. The Labute approximate surface area is 471 Å². The van der Waals surface area contributed by atoms with Gasteiger partial charge in [0.15, 0.2) is 5.78 Å². The van der Waals surface area contributed by atoms with Crippen LogP contribution in [0, 0.1) is 0 Å². The maximum Gasteiger partial charge on any atom is 0.514 e. The highest BCUT2D eigenvalue weighted by molar-refractivity contribution is 6.30. The number of nitrogens with zero attached hydrogens (tertiary/aromatic N) is 1. The van der Waals surface area contributed by atoms with Crippen LogP contribution in [0.25, 0.3) is 22.3 Å². The van der Waals surface area contributed by atoms with Crippen molar-refractivity contribution >= 4 is 65.3 Å². The number of carbonyl (C=O) groups is 9. The van der Waals surface area contributed by atoms with Gasteiger partial charge in [-0.1, -0.05) is 48.0 Å². The van der Waals surface area contributed by atoms with Gasteiger partial charge in [0.05, 0.1) is 6.04 Å². The smallest absolute Gasteiger partial charge is 0.444 e. The second-order valence-electron chi connectivity index (χ2n) is 22.4. The lowest BCUT2D eigenvalue weighted by molar-refractivity contribution is -0.141. The predicted octanol–water partition coefficient (Wildman–Crippen LogP) is 8.93. The predicted molar refractivity (Wildman–Crippen MR) is 299 cm³/mol. The number of likely N-dealkylation sites (N-methyl/N-ethyl adjacent to an activating group) is 1. The van der Waals surface area contributed by atoms with Crippen molar-refractivity contribution in [1.82, 2.24) is 31.5 Å². The minimum atomic E-state index is -1.63. The number of carbonyl (C=O) groups excluding carboxylic acids is 9. The first-order chi connectivity index (χ1) is 37.3. The van der Waals surface area contributed by atoms with Crippen molar-refractivity contribution in [2.24, 2.45) is 0 Å². The molecule has 1 aliphatic rings. The summed E-state index contributed by atoms with van der Waals surface area (Å²) in [5, 5.41) is 14.1. The van der Waals surface area contributed by atoms with Crippen LogP contribution in [0.15, 0.2) is 84.9 Å². The van der Waals surface area contributed by atoms with E-state index in [0.717, 1.165) is 16.0 Å². The molecule has 5 N–H and O–H groups in total. The second kappa shape index (κ2) is 26.8. The van der Waals surface area contributed by atoms with E-state index in [0.29, 0.717) is 17.0 Å². The van der Waals surface area contributed by atoms with Crippen molar-refractivity contribution in [2.45, 2.75) is 156 Å². The van der Waals surface area contributed by atoms with Crippen LogP contribution in [0.2, 0.25) is 5.02 Å². The molecule has 0 unspecified atom stereocenters. The van der Waals surface area contributed by atoms with Crippen molar-refractivity contribution in [3.05, 3.63) is 107 Å². The van der Waals surface area contributed by atoms with Gasteiger partial charge in [-0.15, -0.1) is 0 Å². The number of amides is 6. The van der Waals surface area contributed by atoms with Gasteiger partial charge in [0.2, 0.25) is 23.6 Å². The SMILES string of the molecule is CC(=O)[C@H](C)NC(=O)[C@@H]1Cc2ccc(OC(=O)OC(C)(C)C)c(c2)-c2cc(ccc2OC(=O)OC(C)(C)C)[C@H](N(C)C(=O)[C@H](CCCCNC(=O)OC(C)(C)C)NC(=O)c2ccc(-c3ccc(Cl)cc3)cc2)C(=O)N[C@@H](C)C(=O)N1. The lowest BCUT2D eigenvalue weighted by Gasteiger charge is -2.33. The maximum atomic E-state index is 15.2. The topological polar surface area (TPSA) is 263 Å². The number of nitrogens with one attached hydrogen (secondary N) is 5. The molecule has 0 saturated heterocycles. The molecule has 0 saturated carbocycles. The zero-order valence-electron chi connectivity index (χ0n) is 47.5. The average Bonchev–Trinajstić information content (AvgIpc) is 3.34. The molecule has 21 heteroatoms. The summed E-state index contributed by atoms with van der Waals surface area (Å²) in [5.41, 5.74) is -0.363. The van der Waals surface area contributed by atoms with Crippen LogP contribution in [-0.2, 0) is 44.6 Å². The molecule has 1 aliphatic heterocycles. The van der Waals surface area contributed by atoms with E-state index in [1.807, 2.05) is 12.1 Å². The molecule has 4 aromatic carbocycles. The number of ketones is 1. The van der Waals surface area contributed by atoms with E-state index in [1.165, 1.54) is 64.2 Å². The van der Waals surface area contributed by atoms with Gasteiger partial charge in [-0.2, -0.15) is 0 Å². The highest BCUT2D eigenvalue weighted by Gasteiger charge is 2.37. The molecule has 5 atom stereocenters. The Balaban J connectivity index is 1.66. The highest BCUT2D eigenvalue weighted by Crippen LogP contribution is 2.41. The van der Waals surface area contributed by atoms with Crippen LogP contribution in [0.1, 0.15) is 130 Å². The van der Waals surface area contributed by atoms with Crippen molar-refractivity contribution < 1.29 is 66.8 Å². The molecule has 1 heterocycles. The second-order valence-corrected chi connectivity index (χ2v) is 22.9. The van der Waals surface area contributed by atoms with Gasteiger partial charge in [-0.05, 0) is 173 Å². The zero-order valence-corrected chi connectivity index (χ0v) is 48.3. The minimum Gasteiger partial charge on any atom is -0.444 e. The number of unbranched alkanes of at least 4 members (excludes halogenated alkanes) is 1. The van der Waals surface area contributed by atoms with Crippen molar-refractivity contribution in [1.29, 1.82) is 0 Å². The zero-order chi connectivity index (χ0) is 59.4. The molecule has 0 spiro atoms. The van der Waals surface area contributed by atoms with E-state index in [2.05, 4.69) is 26.6 Å². The number of hydrogen-bond donors (Lipinski definition) is 5. The van der Waals surface area contributed by atoms with Gasteiger partial charge >= 0.3 is 18.4 Å². The third-order valence-corrected chi connectivity index (χ3v) is 12.4. The van der Waals surface area contributed by atoms with Crippen molar-refractivity contribution in [3.63, 3.8) is 0 Å². The Morgan fingerprint density at radius 2 is 1.23 bits per heavy atom. The fourth-order valence-corrected chi connectivity index (χ4v) is 8.24. The Bertz CT molecular complexity index is 2940. The van der Waals surface area contributed by atoms with Gasteiger partial charge < -0.3 is 55.2 Å². The van der Waals surface area contributed by atoms with E-state index in [9.17, 15) is 33.6 Å². The molecule has 0 fully saturated rings. The maximum absolute atomic E-state index is 15.2. The number of fused-ring (bicyclic) bond motifs is 5. The monoisotopic (exact) mass is 1120 g/mol. The van der Waals surface area contributed by atoms with E-state index in [1.54, 1.807) is 98.7 Å². The van der Waals surface area contributed by atoms with Crippen LogP contribution in [-0.4, -0.2) is 113 Å². The summed E-state index contributed by atoms with van der Waals surface area (Å²) in [4.78, 5) is 125. The molecule has 0 radical (unpaired) electrons. The van der Waals surface area contributed by atoms with Gasteiger partial charge in [0, 0.05) is 41.7 Å². The van der Waals surface area contributed by atoms with Crippen LogP contribution < -0.4 is 36.1 Å². The molecule has 80 heavy (non-hydrogen) atoms. The Morgan fingerprint density at radius 3 is 1.77 bits per heavy atom. The van der Waals surface area contributed by atoms with E-state index in [4.69, 9.17) is 35.3 Å². The Morgan fingerprint density at radius 1 is 0.688 bits per heavy atom. The summed E-state index contributed by atoms with van der Waals surface area (Å²) < 4.78 is 28.0. The summed E-state index contributed by atoms with van der Waals surface area (Å²) in [7, 11) is 1.34. The molecule has 20 nitrogen and oxygen atoms in total. The van der Waals surface area contributed by atoms with Gasteiger partial charge in [0.1, 0.15) is 52.5 Å². The number of hydrogen-bond acceptors (Lipinski definition) is 14. The van der Waals surface area contributed by atoms with Crippen molar-refractivity contribution in [2.75, 3.05) is 13.6 Å². The number of rotatable bonds is 15. The molecule has 0 aliphatic carbocycles. The molecule has 430 valence electrons. The number of Topliss-reactive ketones (excluding diaryl/α,β-unsaturated/α-hetero) is 1. The number of ether oxygens (including phenoxy) is 5. The quantitative estimate of drug-likeness (QED) is 0.0322. The van der Waals surface area contributed by atoms with Crippen LogP contribution in [0.4, 0.5) is 14.4 Å². The minimum absolute atomic E-state index is 0.0126. The van der Waals surface area contributed by atoms with Gasteiger partial charge in [-0.3, -0.25) is 28.8 Å². The number of alkyl carbamates (subject to hydrolysis) is 1. The van der Waals surface area contributed by atoms with Gasteiger partial charge in [-0.25, -0.2) is 14.4 Å². The lowest BCUT2D eigenvalue weighted by Crippen LogP contribution is -2.56. The first-order valence-electron chi connectivity index (χ1n) is 26.2. The molecule has 4 bridgehead atoms. The van der Waals surface area contributed by atoms with Crippen LogP contribution in [0.5, 0.6) is 11.5 Å². The van der Waals surface area contributed by atoms with Crippen molar-refractivity contribution in [3.8, 4) is 33.8 Å². The summed E-state index contributed by atoms with van der Waals surface area (Å²) in [5.74, 6) is -4.48. The van der Waals surface area contributed by atoms with Crippen LogP contribution >= 0.6 is 11.6 Å². The van der Waals surface area contributed by atoms with E-state index in [-0.39, 0.29) is 65.3 Å². The molecular formula is C59H73ClN6O14. The average molecular weight is 1130 g/mol. The molecule has 4 aromatic rings. The van der Waals surface area contributed by atoms with Crippen LogP contribution in [0.3, 0.4) is 0 Å². The van der Waals surface area contributed by atoms with E-state index < -0.39 is 95.0 Å². The van der Waals surface area contributed by atoms with E-state index >= 15 is 9.59 Å². The third-order valence-electron chi connectivity index (χ3n) is 12.1. The fraction of sp³-hybridized carbons (Fsp3) is 0.441. The lowest BCUT2D eigenvalue weighted by atomic mass is 9.93.